The van der Waals surface area contributed by atoms with Crippen molar-refractivity contribution in [2.45, 2.75) is 45.6 Å². The van der Waals surface area contributed by atoms with Crippen molar-refractivity contribution >= 4 is 12.0 Å². The summed E-state index contributed by atoms with van der Waals surface area (Å²) in [6, 6.07) is 0. The highest BCUT2D eigenvalue weighted by molar-refractivity contribution is 5.82. The van der Waals surface area contributed by atoms with Gasteiger partial charge in [0.15, 0.2) is 0 Å². The third-order valence-corrected chi connectivity index (χ3v) is 2.70. The second-order valence-electron chi connectivity index (χ2n) is 5.63. The number of rotatable bonds is 2. The Morgan fingerprint density at radius 3 is 2.74 bits per heavy atom. The monoisotopic (exact) mass is 269 g/mol. The summed E-state index contributed by atoms with van der Waals surface area (Å²) in [7, 11) is 0. The summed E-state index contributed by atoms with van der Waals surface area (Å²) in [5, 5.41) is 8.48. The Bertz CT molecular complexity index is 432. The Labute approximate surface area is 112 Å². The van der Waals surface area contributed by atoms with E-state index in [0.29, 0.717) is 0 Å². The van der Waals surface area contributed by atoms with Crippen LogP contribution in [-0.2, 0) is 4.74 Å². The van der Waals surface area contributed by atoms with Gasteiger partial charge in [0.05, 0.1) is 17.9 Å². The number of nitrogens with one attached hydrogen (secondary N) is 1. The molecular weight excluding hydrogens is 248 g/mol. The quantitative estimate of drug-likeness (QED) is 0.822. The number of hydrogen-bond acceptors (Lipinski definition) is 5. The van der Waals surface area contributed by atoms with Crippen LogP contribution in [0.15, 0.2) is 10.7 Å². The lowest BCUT2D eigenvalue weighted by Crippen LogP contribution is -2.60. The molecule has 106 valence electrons. The van der Waals surface area contributed by atoms with Crippen molar-refractivity contribution in [2.24, 2.45) is 0 Å². The predicted octanol–water partition coefficient (Wildman–Crippen LogP) is 1.43. The van der Waals surface area contributed by atoms with E-state index >= 15 is 0 Å². The molecule has 1 fully saturated rings. The third kappa shape index (κ3) is 4.11. The standard InChI is InChI=1S/C12H20N4O3/c1-12(2,3)18-11(17)13-10-9-16(14-19-10)15-7-5-4-6-8-15/h9H,4-8H2,1-3H3/p+1. The first-order valence-electron chi connectivity index (χ1n) is 6.58. The minimum absolute atomic E-state index is 0.278. The maximum Gasteiger partial charge on any atom is 0.414 e. The molecule has 1 aromatic rings. The van der Waals surface area contributed by atoms with E-state index in [4.69, 9.17) is 9.26 Å². The zero-order valence-corrected chi connectivity index (χ0v) is 11.7. The molecule has 19 heavy (non-hydrogen) atoms. The van der Waals surface area contributed by atoms with Crippen molar-refractivity contribution in [3.8, 4) is 0 Å². The van der Waals surface area contributed by atoms with E-state index in [2.05, 4.69) is 15.6 Å². The highest BCUT2D eigenvalue weighted by Crippen LogP contribution is 2.10. The molecular formula is C12H21N4O3+. The van der Waals surface area contributed by atoms with Crippen LogP contribution in [0.25, 0.3) is 0 Å². The SMILES string of the molecule is CC(C)(C)OC(=O)Nc1c[n+](N2CCCCC2)no1. The van der Waals surface area contributed by atoms with Gasteiger partial charge in [-0.05, 0) is 40.0 Å². The van der Waals surface area contributed by atoms with Crippen LogP contribution in [0.5, 0.6) is 0 Å². The lowest BCUT2D eigenvalue weighted by molar-refractivity contribution is -0.759. The van der Waals surface area contributed by atoms with E-state index in [1.165, 1.54) is 6.42 Å². The fourth-order valence-corrected chi connectivity index (χ4v) is 1.91. The Morgan fingerprint density at radius 2 is 2.11 bits per heavy atom. The molecule has 1 amide bonds. The Kier molecular flexibility index (Phi) is 3.92. The number of amides is 1. The molecule has 0 aliphatic carbocycles. The zero-order valence-electron chi connectivity index (χ0n) is 11.7. The molecule has 7 heteroatoms. The van der Waals surface area contributed by atoms with Gasteiger partial charge in [0.1, 0.15) is 5.60 Å². The predicted molar refractivity (Wildman–Crippen MR) is 68.4 cm³/mol. The first-order chi connectivity index (χ1) is 8.94. The number of carbonyl (C=O) groups is 1. The van der Waals surface area contributed by atoms with E-state index in [0.717, 1.165) is 25.9 Å². The highest BCUT2D eigenvalue weighted by atomic mass is 16.6. The molecule has 0 aromatic carbocycles. The van der Waals surface area contributed by atoms with Gasteiger partial charge < -0.3 is 4.74 Å². The fraction of sp³-hybridized carbons (Fsp3) is 0.750. The normalized spacial score (nSPS) is 16.3. The number of piperidine rings is 1. The van der Waals surface area contributed by atoms with Crippen LogP contribution >= 0.6 is 0 Å². The highest BCUT2D eigenvalue weighted by Gasteiger charge is 2.24. The first-order valence-corrected chi connectivity index (χ1v) is 6.58. The molecule has 0 atom stereocenters. The molecule has 1 aliphatic rings. The van der Waals surface area contributed by atoms with Crippen molar-refractivity contribution in [1.82, 2.24) is 5.27 Å². The second-order valence-corrected chi connectivity index (χ2v) is 5.63. The third-order valence-electron chi connectivity index (χ3n) is 2.70. The van der Waals surface area contributed by atoms with E-state index in [1.54, 1.807) is 31.8 Å². The second kappa shape index (κ2) is 5.46. The molecule has 2 heterocycles. The van der Waals surface area contributed by atoms with Crippen molar-refractivity contribution in [3.63, 3.8) is 0 Å². The molecule has 7 nitrogen and oxygen atoms in total. The molecule has 0 saturated carbocycles. The van der Waals surface area contributed by atoms with Crippen molar-refractivity contribution < 1.29 is 18.8 Å². The molecule has 1 saturated heterocycles. The Balaban J connectivity index is 1.91. The number of hydrogen-bond donors (Lipinski definition) is 1. The summed E-state index contributed by atoms with van der Waals surface area (Å²) in [6.07, 6.45) is 4.64. The van der Waals surface area contributed by atoms with Gasteiger partial charge in [-0.2, -0.15) is 5.01 Å². The van der Waals surface area contributed by atoms with Gasteiger partial charge in [0.25, 0.3) is 6.20 Å². The minimum Gasteiger partial charge on any atom is -0.444 e. The molecule has 0 unspecified atom stereocenters. The van der Waals surface area contributed by atoms with Crippen LogP contribution in [0.2, 0.25) is 0 Å². The summed E-state index contributed by atoms with van der Waals surface area (Å²) in [6.45, 7) is 7.31. The summed E-state index contributed by atoms with van der Waals surface area (Å²) < 4.78 is 10.2. The Hall–Kier alpha value is -1.79. The van der Waals surface area contributed by atoms with Crippen LogP contribution < -0.4 is 15.1 Å². The molecule has 0 bridgehead atoms. The van der Waals surface area contributed by atoms with Crippen LogP contribution in [-0.4, -0.2) is 30.1 Å². The van der Waals surface area contributed by atoms with Crippen molar-refractivity contribution in [3.05, 3.63) is 6.20 Å². The topological polar surface area (TPSA) is 71.5 Å². The van der Waals surface area contributed by atoms with E-state index in [1.807, 2.05) is 0 Å². The maximum atomic E-state index is 11.6. The van der Waals surface area contributed by atoms with Gasteiger partial charge in [0, 0.05) is 0 Å². The average Bonchev–Trinajstić information content (AvgIpc) is 2.76. The van der Waals surface area contributed by atoms with Gasteiger partial charge >= 0.3 is 12.0 Å². The lowest BCUT2D eigenvalue weighted by atomic mass is 10.2. The lowest BCUT2D eigenvalue weighted by Gasteiger charge is -2.18. The Morgan fingerprint density at radius 1 is 1.42 bits per heavy atom. The number of carbonyl (C=O) groups excluding carboxylic acids is 1. The largest absolute Gasteiger partial charge is 0.444 e. The summed E-state index contributed by atoms with van der Waals surface area (Å²) in [5.41, 5.74) is -0.535. The van der Waals surface area contributed by atoms with Gasteiger partial charge in [0.2, 0.25) is 5.27 Å². The molecule has 1 aliphatic heterocycles. The van der Waals surface area contributed by atoms with Crippen LogP contribution in [0.4, 0.5) is 10.7 Å². The summed E-state index contributed by atoms with van der Waals surface area (Å²) >= 11 is 0. The zero-order chi connectivity index (χ0) is 13.9. The molecule has 0 spiro atoms. The van der Waals surface area contributed by atoms with Crippen molar-refractivity contribution in [1.29, 1.82) is 0 Å². The fourth-order valence-electron chi connectivity index (χ4n) is 1.91. The smallest absolute Gasteiger partial charge is 0.414 e. The van der Waals surface area contributed by atoms with Gasteiger partial charge in [-0.3, -0.25) is 9.84 Å². The minimum atomic E-state index is -0.547. The van der Waals surface area contributed by atoms with E-state index in [-0.39, 0.29) is 5.88 Å². The van der Waals surface area contributed by atoms with Gasteiger partial charge in [-0.25, -0.2) is 4.79 Å². The van der Waals surface area contributed by atoms with Crippen LogP contribution in [0, 0.1) is 0 Å². The van der Waals surface area contributed by atoms with E-state index in [9.17, 15) is 4.79 Å². The van der Waals surface area contributed by atoms with Gasteiger partial charge in [-0.1, -0.05) is 0 Å². The van der Waals surface area contributed by atoms with E-state index < -0.39 is 11.7 Å². The summed E-state index contributed by atoms with van der Waals surface area (Å²) in [4.78, 5) is 13.2. The number of aromatic nitrogens is 2. The average molecular weight is 269 g/mol. The molecule has 2 rings (SSSR count). The van der Waals surface area contributed by atoms with Crippen molar-refractivity contribution in [2.75, 3.05) is 23.4 Å². The number of nitrogens with zero attached hydrogens (tertiary/aromatic N) is 3. The molecule has 1 N–H and O–H groups in total. The maximum absolute atomic E-state index is 11.6. The molecule has 1 aromatic heterocycles. The molecule has 0 radical (unpaired) electrons. The van der Waals surface area contributed by atoms with Gasteiger partial charge in [-0.15, -0.1) is 0 Å². The first kappa shape index (κ1) is 13.6. The van der Waals surface area contributed by atoms with Crippen LogP contribution in [0.1, 0.15) is 40.0 Å². The summed E-state index contributed by atoms with van der Waals surface area (Å²) in [5.74, 6) is 0.278. The number of ether oxygens (including phenoxy) is 1. The number of anilines is 1. The van der Waals surface area contributed by atoms with Crippen LogP contribution in [0.3, 0.4) is 0 Å².